The molecule has 0 aromatic heterocycles. The fourth-order valence-electron chi connectivity index (χ4n) is 1.51. The van der Waals surface area contributed by atoms with E-state index in [0.717, 1.165) is 0 Å². The van der Waals surface area contributed by atoms with Crippen molar-refractivity contribution in [1.82, 2.24) is 4.90 Å². The average molecular weight is 150 g/mol. The molecular formula is C10H16N-. The van der Waals surface area contributed by atoms with E-state index in [1.807, 2.05) is 0 Å². The van der Waals surface area contributed by atoms with E-state index in [1.54, 1.807) is 0 Å². The molecule has 0 bridgehead atoms. The Hall–Kier alpha value is -0.690. The van der Waals surface area contributed by atoms with Gasteiger partial charge < -0.3 is 4.90 Å². The Bertz CT molecular complexity index is 187. The minimum absolute atomic E-state index is 0.588. The van der Waals surface area contributed by atoms with E-state index in [2.05, 4.69) is 50.2 Å². The molecule has 0 saturated carbocycles. The summed E-state index contributed by atoms with van der Waals surface area (Å²) in [4.78, 5) is 2.26. The molecule has 1 unspecified atom stereocenters. The molecular weight excluding hydrogens is 134 g/mol. The zero-order valence-electron chi connectivity index (χ0n) is 7.54. The highest BCUT2D eigenvalue weighted by molar-refractivity contribution is 5.20. The standard InChI is InChI=1S/C10H16N/c1-4-10(11(2)3)9-7-5-6-8-9/h5-8,10H,4H2,1-3H3/q-1. The van der Waals surface area contributed by atoms with Crippen molar-refractivity contribution in [2.45, 2.75) is 19.4 Å². The minimum atomic E-state index is 0.588. The Morgan fingerprint density at radius 2 is 2.27 bits per heavy atom. The van der Waals surface area contributed by atoms with Crippen molar-refractivity contribution in [2.24, 2.45) is 0 Å². The molecule has 1 aromatic rings. The molecule has 0 saturated heterocycles. The average Bonchev–Trinajstić information content (AvgIpc) is 2.40. The normalized spacial score (nSPS) is 13.8. The predicted octanol–water partition coefficient (Wildman–Crippen LogP) is 2.42. The first-order chi connectivity index (χ1) is 5.25. The van der Waals surface area contributed by atoms with Gasteiger partial charge in [0.15, 0.2) is 0 Å². The van der Waals surface area contributed by atoms with Crippen LogP contribution in [0.25, 0.3) is 0 Å². The zero-order valence-corrected chi connectivity index (χ0v) is 7.54. The topological polar surface area (TPSA) is 3.24 Å². The Morgan fingerprint density at radius 3 is 2.64 bits per heavy atom. The maximum Gasteiger partial charge on any atom is -0.0142 e. The fraction of sp³-hybridized carbons (Fsp3) is 0.500. The van der Waals surface area contributed by atoms with Crippen LogP contribution in [-0.4, -0.2) is 19.0 Å². The van der Waals surface area contributed by atoms with E-state index < -0.39 is 0 Å². The van der Waals surface area contributed by atoms with Crippen LogP contribution in [0.5, 0.6) is 0 Å². The SMILES string of the molecule is CCC(c1cc[cH-]c1)N(C)C. The highest BCUT2D eigenvalue weighted by atomic mass is 15.1. The monoisotopic (exact) mass is 150 g/mol. The molecule has 1 nitrogen and oxygen atoms in total. The summed E-state index contributed by atoms with van der Waals surface area (Å²) in [7, 11) is 4.25. The molecule has 11 heavy (non-hydrogen) atoms. The van der Waals surface area contributed by atoms with Crippen molar-refractivity contribution in [3.63, 3.8) is 0 Å². The minimum Gasteiger partial charge on any atom is -0.314 e. The quantitative estimate of drug-likeness (QED) is 0.598. The summed E-state index contributed by atoms with van der Waals surface area (Å²) in [6.07, 6.45) is 1.18. The number of rotatable bonds is 3. The lowest BCUT2D eigenvalue weighted by Crippen LogP contribution is -2.18. The molecule has 0 spiro atoms. The predicted molar refractivity (Wildman–Crippen MR) is 48.8 cm³/mol. The van der Waals surface area contributed by atoms with Crippen LogP contribution >= 0.6 is 0 Å². The van der Waals surface area contributed by atoms with Gasteiger partial charge in [0.05, 0.1) is 0 Å². The molecule has 0 N–H and O–H groups in total. The molecule has 0 amide bonds. The Balaban J connectivity index is 2.71. The summed E-state index contributed by atoms with van der Waals surface area (Å²) in [6.45, 7) is 2.22. The van der Waals surface area contributed by atoms with Crippen LogP contribution in [0.3, 0.4) is 0 Å². The van der Waals surface area contributed by atoms with Crippen molar-refractivity contribution in [3.8, 4) is 0 Å². The molecule has 0 aliphatic heterocycles. The van der Waals surface area contributed by atoms with Crippen LogP contribution in [0.15, 0.2) is 24.3 Å². The molecule has 1 atom stereocenters. The Labute approximate surface area is 69.0 Å². The molecule has 1 aromatic carbocycles. The fourth-order valence-corrected chi connectivity index (χ4v) is 1.51. The summed E-state index contributed by atoms with van der Waals surface area (Å²) in [5.41, 5.74) is 1.43. The molecule has 1 rings (SSSR count). The van der Waals surface area contributed by atoms with Gasteiger partial charge in [-0.2, -0.15) is 23.8 Å². The van der Waals surface area contributed by atoms with Crippen molar-refractivity contribution in [2.75, 3.05) is 14.1 Å². The van der Waals surface area contributed by atoms with Crippen molar-refractivity contribution in [3.05, 3.63) is 29.8 Å². The smallest absolute Gasteiger partial charge is 0.0142 e. The maximum atomic E-state index is 2.26. The van der Waals surface area contributed by atoms with Crippen molar-refractivity contribution in [1.29, 1.82) is 0 Å². The highest BCUT2D eigenvalue weighted by Gasteiger charge is 2.03. The van der Waals surface area contributed by atoms with Gasteiger partial charge in [0.1, 0.15) is 0 Å². The number of nitrogens with zero attached hydrogens (tertiary/aromatic N) is 1. The Kier molecular flexibility index (Phi) is 2.77. The van der Waals surface area contributed by atoms with E-state index in [9.17, 15) is 0 Å². The van der Waals surface area contributed by atoms with Crippen molar-refractivity contribution < 1.29 is 0 Å². The first kappa shape index (κ1) is 8.41. The van der Waals surface area contributed by atoms with E-state index in [-0.39, 0.29) is 0 Å². The first-order valence-electron chi connectivity index (χ1n) is 4.13. The molecule has 0 aliphatic rings. The molecule has 0 fully saturated rings. The third kappa shape index (κ3) is 1.87. The maximum absolute atomic E-state index is 2.26. The van der Waals surface area contributed by atoms with Crippen LogP contribution in [0.4, 0.5) is 0 Å². The van der Waals surface area contributed by atoms with Gasteiger partial charge in [-0.1, -0.05) is 6.92 Å². The van der Waals surface area contributed by atoms with Gasteiger partial charge >= 0.3 is 0 Å². The number of hydrogen-bond acceptors (Lipinski definition) is 1. The Morgan fingerprint density at radius 1 is 1.55 bits per heavy atom. The van der Waals surface area contributed by atoms with Gasteiger partial charge in [-0.25, -0.2) is 6.07 Å². The summed E-state index contributed by atoms with van der Waals surface area (Å²) >= 11 is 0. The molecule has 0 heterocycles. The van der Waals surface area contributed by atoms with Gasteiger partial charge in [0.2, 0.25) is 0 Å². The van der Waals surface area contributed by atoms with Gasteiger partial charge in [0.25, 0.3) is 0 Å². The second-order valence-electron chi connectivity index (χ2n) is 3.11. The lowest BCUT2D eigenvalue weighted by atomic mass is 10.1. The van der Waals surface area contributed by atoms with E-state index in [0.29, 0.717) is 6.04 Å². The molecule has 0 radical (unpaired) electrons. The number of hydrogen-bond donors (Lipinski definition) is 0. The highest BCUT2D eigenvalue weighted by Crippen LogP contribution is 2.21. The van der Waals surface area contributed by atoms with E-state index in [1.165, 1.54) is 12.0 Å². The van der Waals surface area contributed by atoms with Crippen LogP contribution < -0.4 is 0 Å². The lowest BCUT2D eigenvalue weighted by Gasteiger charge is -2.26. The van der Waals surface area contributed by atoms with Crippen LogP contribution in [-0.2, 0) is 0 Å². The van der Waals surface area contributed by atoms with Crippen LogP contribution in [0.1, 0.15) is 24.9 Å². The lowest BCUT2D eigenvalue weighted by molar-refractivity contribution is 0.292. The summed E-state index contributed by atoms with van der Waals surface area (Å²) < 4.78 is 0. The van der Waals surface area contributed by atoms with E-state index >= 15 is 0 Å². The van der Waals surface area contributed by atoms with Crippen molar-refractivity contribution >= 4 is 0 Å². The molecule has 1 heteroatoms. The second-order valence-corrected chi connectivity index (χ2v) is 3.11. The largest absolute Gasteiger partial charge is 0.314 e. The van der Waals surface area contributed by atoms with E-state index in [4.69, 9.17) is 0 Å². The van der Waals surface area contributed by atoms with Gasteiger partial charge in [-0.15, -0.1) is 0 Å². The summed E-state index contributed by atoms with van der Waals surface area (Å²) in [5.74, 6) is 0. The molecule has 62 valence electrons. The third-order valence-corrected chi connectivity index (χ3v) is 2.08. The van der Waals surface area contributed by atoms with Crippen LogP contribution in [0, 0.1) is 0 Å². The van der Waals surface area contributed by atoms with Gasteiger partial charge in [-0.3, -0.25) is 0 Å². The molecule has 0 aliphatic carbocycles. The van der Waals surface area contributed by atoms with Crippen LogP contribution in [0.2, 0.25) is 0 Å². The third-order valence-electron chi connectivity index (χ3n) is 2.08. The summed E-state index contributed by atoms with van der Waals surface area (Å²) in [5, 5.41) is 0. The summed E-state index contributed by atoms with van der Waals surface area (Å²) in [6, 6.07) is 9.16. The van der Waals surface area contributed by atoms with Gasteiger partial charge in [-0.05, 0) is 26.6 Å². The second kappa shape index (κ2) is 3.63. The first-order valence-corrected chi connectivity index (χ1v) is 4.13. The van der Waals surface area contributed by atoms with Gasteiger partial charge in [0, 0.05) is 0 Å². The zero-order chi connectivity index (χ0) is 8.27.